The summed E-state index contributed by atoms with van der Waals surface area (Å²) >= 11 is 0. The van der Waals surface area contributed by atoms with Crippen molar-refractivity contribution in [3.63, 3.8) is 0 Å². The zero-order chi connectivity index (χ0) is 17.1. The lowest BCUT2D eigenvalue weighted by Gasteiger charge is -2.24. The number of likely N-dealkylation sites (tertiary alicyclic amines) is 1. The first-order valence-electron chi connectivity index (χ1n) is 8.08. The third kappa shape index (κ3) is 3.43. The van der Waals surface area contributed by atoms with Gasteiger partial charge >= 0.3 is 0 Å². The number of halogens is 1. The van der Waals surface area contributed by atoms with Crippen LogP contribution in [0.3, 0.4) is 0 Å². The van der Waals surface area contributed by atoms with E-state index in [1.807, 2.05) is 25.1 Å². The van der Waals surface area contributed by atoms with Gasteiger partial charge in [0.25, 0.3) is 5.91 Å². The van der Waals surface area contributed by atoms with Gasteiger partial charge in [0, 0.05) is 19.3 Å². The van der Waals surface area contributed by atoms with Crippen molar-refractivity contribution in [3.05, 3.63) is 59.4 Å². The average Bonchev–Trinajstić information content (AvgIpc) is 3.04. The number of benzene rings is 1. The Morgan fingerprint density at radius 2 is 2.12 bits per heavy atom. The Kier molecular flexibility index (Phi) is 4.85. The van der Waals surface area contributed by atoms with E-state index in [9.17, 15) is 9.18 Å². The van der Waals surface area contributed by atoms with E-state index in [0.717, 1.165) is 18.5 Å². The number of hydrogen-bond donors (Lipinski definition) is 0. The molecule has 1 aliphatic rings. The van der Waals surface area contributed by atoms with Crippen LogP contribution in [0.1, 0.15) is 40.8 Å². The van der Waals surface area contributed by atoms with Gasteiger partial charge in [0.1, 0.15) is 5.82 Å². The summed E-state index contributed by atoms with van der Waals surface area (Å²) in [6, 6.07) is 7.78. The van der Waals surface area contributed by atoms with Crippen LogP contribution < -0.4 is 0 Å². The highest BCUT2D eigenvalue weighted by Crippen LogP contribution is 2.31. The highest BCUT2D eigenvalue weighted by molar-refractivity contribution is 5.94. The molecule has 1 aromatic heterocycles. The normalized spacial score (nSPS) is 17.5. The summed E-state index contributed by atoms with van der Waals surface area (Å²) < 4.78 is 13.9. The van der Waals surface area contributed by atoms with E-state index in [4.69, 9.17) is 0 Å². The first-order chi connectivity index (χ1) is 11.6. The van der Waals surface area contributed by atoms with Gasteiger partial charge in [0.05, 0.1) is 17.3 Å². The number of nitrogens with zero attached hydrogens (tertiary/aromatic N) is 4. The lowest BCUT2D eigenvalue weighted by Crippen LogP contribution is -2.32. The predicted octanol–water partition coefficient (Wildman–Crippen LogP) is 2.65. The van der Waals surface area contributed by atoms with Gasteiger partial charge in [-0.15, -0.1) is 0 Å². The second-order valence-corrected chi connectivity index (χ2v) is 6.28. The molecule has 24 heavy (non-hydrogen) atoms. The standard InChI is InChI=1S/C18H21FN4O/c1-22(2)12-13-9-10-20-17(21-13)16-8-5-11-23(16)18(24)14-6-3-4-7-15(14)19/h3-4,6-7,9-10,16H,5,8,11-12H2,1-2H3. The van der Waals surface area contributed by atoms with Crippen molar-refractivity contribution < 1.29 is 9.18 Å². The van der Waals surface area contributed by atoms with Gasteiger partial charge in [-0.05, 0) is 45.1 Å². The quantitative estimate of drug-likeness (QED) is 0.866. The van der Waals surface area contributed by atoms with Crippen molar-refractivity contribution in [2.75, 3.05) is 20.6 Å². The Balaban J connectivity index is 1.86. The summed E-state index contributed by atoms with van der Waals surface area (Å²) in [6.07, 6.45) is 3.39. The van der Waals surface area contributed by atoms with Crippen LogP contribution in [0.4, 0.5) is 4.39 Å². The molecule has 1 amide bonds. The van der Waals surface area contributed by atoms with Gasteiger partial charge in [0.2, 0.25) is 0 Å². The predicted molar refractivity (Wildman–Crippen MR) is 88.8 cm³/mol. The van der Waals surface area contributed by atoms with E-state index in [1.54, 1.807) is 23.2 Å². The second-order valence-electron chi connectivity index (χ2n) is 6.28. The van der Waals surface area contributed by atoms with Crippen LogP contribution in [-0.2, 0) is 6.54 Å². The van der Waals surface area contributed by atoms with E-state index in [0.29, 0.717) is 18.9 Å². The molecule has 6 heteroatoms. The van der Waals surface area contributed by atoms with Crippen LogP contribution in [0.25, 0.3) is 0 Å². The van der Waals surface area contributed by atoms with E-state index in [-0.39, 0.29) is 17.5 Å². The van der Waals surface area contributed by atoms with E-state index in [2.05, 4.69) is 9.97 Å². The molecule has 5 nitrogen and oxygen atoms in total. The smallest absolute Gasteiger partial charge is 0.257 e. The number of amides is 1. The molecule has 0 N–H and O–H groups in total. The highest BCUT2D eigenvalue weighted by atomic mass is 19.1. The lowest BCUT2D eigenvalue weighted by atomic mass is 10.1. The molecule has 126 valence electrons. The molecule has 0 saturated carbocycles. The van der Waals surface area contributed by atoms with Crippen LogP contribution in [0.15, 0.2) is 36.5 Å². The summed E-state index contributed by atoms with van der Waals surface area (Å²) in [5.74, 6) is -0.149. The highest BCUT2D eigenvalue weighted by Gasteiger charge is 2.33. The monoisotopic (exact) mass is 328 g/mol. The summed E-state index contributed by atoms with van der Waals surface area (Å²) in [7, 11) is 3.96. The van der Waals surface area contributed by atoms with Crippen molar-refractivity contribution in [2.45, 2.75) is 25.4 Å². The summed E-state index contributed by atoms with van der Waals surface area (Å²) in [5.41, 5.74) is 1.02. The van der Waals surface area contributed by atoms with Crippen LogP contribution in [0, 0.1) is 5.82 Å². The fourth-order valence-corrected chi connectivity index (χ4v) is 3.05. The molecule has 1 unspecified atom stereocenters. The molecule has 2 heterocycles. The SMILES string of the molecule is CN(C)Cc1ccnc(C2CCCN2C(=O)c2ccccc2F)n1. The maximum absolute atomic E-state index is 13.9. The molecule has 0 aliphatic carbocycles. The molecule has 1 aromatic carbocycles. The van der Waals surface area contributed by atoms with Crippen molar-refractivity contribution in [3.8, 4) is 0 Å². The minimum absolute atomic E-state index is 0.105. The number of rotatable bonds is 4. The van der Waals surface area contributed by atoms with Crippen LogP contribution >= 0.6 is 0 Å². The third-order valence-corrected chi connectivity index (χ3v) is 4.13. The number of hydrogen-bond acceptors (Lipinski definition) is 4. The number of carbonyl (C=O) groups excluding carboxylic acids is 1. The zero-order valence-electron chi connectivity index (χ0n) is 13.9. The van der Waals surface area contributed by atoms with Gasteiger partial charge in [-0.1, -0.05) is 12.1 Å². The maximum Gasteiger partial charge on any atom is 0.257 e. The van der Waals surface area contributed by atoms with Gasteiger partial charge in [0.15, 0.2) is 5.82 Å². The second kappa shape index (κ2) is 7.05. The van der Waals surface area contributed by atoms with Gasteiger partial charge in [-0.3, -0.25) is 4.79 Å². The molecule has 3 rings (SSSR count). The fraction of sp³-hybridized carbons (Fsp3) is 0.389. The molecule has 1 fully saturated rings. The van der Waals surface area contributed by atoms with Crippen molar-refractivity contribution in [1.29, 1.82) is 0 Å². The summed E-state index contributed by atoms with van der Waals surface area (Å²) in [4.78, 5) is 25.4. The van der Waals surface area contributed by atoms with Gasteiger partial charge < -0.3 is 9.80 Å². The number of aromatic nitrogens is 2. The van der Waals surface area contributed by atoms with Gasteiger partial charge in [-0.25, -0.2) is 14.4 Å². The Labute approximate surface area is 141 Å². The lowest BCUT2D eigenvalue weighted by molar-refractivity contribution is 0.0724. The van der Waals surface area contributed by atoms with Crippen LogP contribution in [0.2, 0.25) is 0 Å². The molecular formula is C18H21FN4O. The van der Waals surface area contributed by atoms with Crippen molar-refractivity contribution in [1.82, 2.24) is 19.8 Å². The average molecular weight is 328 g/mol. The van der Waals surface area contributed by atoms with Crippen LogP contribution in [0.5, 0.6) is 0 Å². The largest absolute Gasteiger partial charge is 0.328 e. The fourth-order valence-electron chi connectivity index (χ4n) is 3.05. The zero-order valence-corrected chi connectivity index (χ0v) is 13.9. The first-order valence-corrected chi connectivity index (χ1v) is 8.08. The topological polar surface area (TPSA) is 49.3 Å². The molecule has 1 aliphatic heterocycles. The Morgan fingerprint density at radius 3 is 2.88 bits per heavy atom. The van der Waals surface area contributed by atoms with Gasteiger partial charge in [-0.2, -0.15) is 0 Å². The van der Waals surface area contributed by atoms with E-state index in [1.165, 1.54) is 12.1 Å². The summed E-state index contributed by atoms with van der Waals surface area (Å²) in [6.45, 7) is 1.31. The molecule has 0 spiro atoms. The number of carbonyl (C=O) groups is 1. The van der Waals surface area contributed by atoms with E-state index >= 15 is 0 Å². The minimum atomic E-state index is -0.490. The molecule has 1 saturated heterocycles. The van der Waals surface area contributed by atoms with Crippen molar-refractivity contribution in [2.24, 2.45) is 0 Å². The maximum atomic E-state index is 13.9. The first kappa shape index (κ1) is 16.5. The molecule has 0 bridgehead atoms. The molecular weight excluding hydrogens is 307 g/mol. The Morgan fingerprint density at radius 1 is 1.33 bits per heavy atom. The minimum Gasteiger partial charge on any atom is -0.328 e. The molecule has 0 radical (unpaired) electrons. The Bertz CT molecular complexity index is 734. The molecule has 2 aromatic rings. The van der Waals surface area contributed by atoms with Crippen LogP contribution in [-0.4, -0.2) is 46.3 Å². The van der Waals surface area contributed by atoms with Crippen molar-refractivity contribution >= 4 is 5.91 Å². The molecule has 1 atom stereocenters. The third-order valence-electron chi connectivity index (χ3n) is 4.13. The summed E-state index contributed by atoms with van der Waals surface area (Å²) in [5, 5.41) is 0. The Hall–Kier alpha value is -2.34. The van der Waals surface area contributed by atoms with E-state index < -0.39 is 5.82 Å².